The van der Waals surface area contributed by atoms with Crippen LogP contribution in [-0.4, -0.2) is 42.1 Å². The van der Waals surface area contributed by atoms with Crippen molar-refractivity contribution < 1.29 is 9.90 Å². The fourth-order valence-corrected chi connectivity index (χ4v) is 3.03. The largest absolute Gasteiger partial charge is 0.384 e. The summed E-state index contributed by atoms with van der Waals surface area (Å²) in [5.74, 6) is 0.730. The Morgan fingerprint density at radius 2 is 2.09 bits per heavy atom. The molecular formula is C18H28N2O2. The number of nitrogens with zero attached hydrogens (tertiary/aromatic N) is 1. The Morgan fingerprint density at radius 1 is 1.41 bits per heavy atom. The van der Waals surface area contributed by atoms with Gasteiger partial charge in [-0.2, -0.15) is 0 Å². The van der Waals surface area contributed by atoms with Gasteiger partial charge in [-0.1, -0.05) is 44.2 Å². The Balaban J connectivity index is 1.83. The highest BCUT2D eigenvalue weighted by Gasteiger charge is 2.30. The molecule has 0 saturated carbocycles. The average molecular weight is 304 g/mol. The molecular weight excluding hydrogens is 276 g/mol. The predicted octanol–water partition coefficient (Wildman–Crippen LogP) is 1.99. The van der Waals surface area contributed by atoms with Crippen LogP contribution in [-0.2, 0) is 10.4 Å². The SMILES string of the molecule is CC(C)CN1CCC(C(=O)NCC(C)(O)c2ccccc2)C1. The molecule has 4 nitrogen and oxygen atoms in total. The third-order valence-electron chi connectivity index (χ3n) is 4.27. The maximum absolute atomic E-state index is 12.3. The Hall–Kier alpha value is -1.39. The number of hydrogen-bond acceptors (Lipinski definition) is 3. The van der Waals surface area contributed by atoms with Crippen LogP contribution in [0.25, 0.3) is 0 Å². The molecule has 2 atom stereocenters. The second kappa shape index (κ2) is 7.25. The second-order valence-corrected chi connectivity index (χ2v) is 7.00. The zero-order valence-electron chi connectivity index (χ0n) is 13.9. The van der Waals surface area contributed by atoms with E-state index in [9.17, 15) is 9.90 Å². The number of benzene rings is 1. The van der Waals surface area contributed by atoms with Gasteiger partial charge in [-0.15, -0.1) is 0 Å². The summed E-state index contributed by atoms with van der Waals surface area (Å²) in [4.78, 5) is 14.7. The van der Waals surface area contributed by atoms with Crippen molar-refractivity contribution in [3.8, 4) is 0 Å². The van der Waals surface area contributed by atoms with E-state index >= 15 is 0 Å². The van der Waals surface area contributed by atoms with Gasteiger partial charge in [0.2, 0.25) is 5.91 Å². The quantitative estimate of drug-likeness (QED) is 0.845. The first-order valence-corrected chi connectivity index (χ1v) is 8.16. The van der Waals surface area contributed by atoms with Gasteiger partial charge in [-0.25, -0.2) is 0 Å². The zero-order chi connectivity index (χ0) is 16.2. The summed E-state index contributed by atoms with van der Waals surface area (Å²) < 4.78 is 0. The third kappa shape index (κ3) is 4.55. The van der Waals surface area contributed by atoms with Crippen molar-refractivity contribution >= 4 is 5.91 Å². The number of hydrogen-bond donors (Lipinski definition) is 2. The summed E-state index contributed by atoms with van der Waals surface area (Å²) in [6, 6.07) is 9.47. The number of amides is 1. The van der Waals surface area contributed by atoms with Crippen LogP contribution in [0.1, 0.15) is 32.8 Å². The van der Waals surface area contributed by atoms with Crippen molar-refractivity contribution in [3.63, 3.8) is 0 Å². The van der Waals surface area contributed by atoms with E-state index < -0.39 is 5.60 Å². The van der Waals surface area contributed by atoms with E-state index in [-0.39, 0.29) is 18.4 Å². The molecule has 0 spiro atoms. The summed E-state index contributed by atoms with van der Waals surface area (Å²) in [5.41, 5.74) is -0.212. The molecule has 1 aromatic rings. The fourth-order valence-electron chi connectivity index (χ4n) is 3.03. The summed E-state index contributed by atoms with van der Waals surface area (Å²) in [5, 5.41) is 13.4. The van der Waals surface area contributed by atoms with Gasteiger partial charge in [0.05, 0.1) is 12.5 Å². The average Bonchev–Trinajstić information content (AvgIpc) is 2.93. The van der Waals surface area contributed by atoms with E-state index in [0.29, 0.717) is 5.92 Å². The van der Waals surface area contributed by atoms with Gasteiger partial charge >= 0.3 is 0 Å². The van der Waals surface area contributed by atoms with Crippen molar-refractivity contribution in [2.24, 2.45) is 11.8 Å². The molecule has 0 bridgehead atoms. The first-order valence-electron chi connectivity index (χ1n) is 8.16. The molecule has 2 N–H and O–H groups in total. The Labute approximate surface area is 133 Å². The standard InChI is InChI=1S/C18H28N2O2/c1-14(2)11-20-10-9-15(12-20)17(21)19-13-18(3,22)16-7-5-4-6-8-16/h4-8,14-15,22H,9-13H2,1-3H3,(H,19,21). The van der Waals surface area contributed by atoms with Gasteiger partial charge < -0.3 is 15.3 Å². The summed E-state index contributed by atoms with van der Waals surface area (Å²) in [6.45, 7) is 9.25. The number of nitrogens with one attached hydrogen (secondary N) is 1. The molecule has 0 aliphatic carbocycles. The van der Waals surface area contributed by atoms with E-state index in [4.69, 9.17) is 0 Å². The third-order valence-corrected chi connectivity index (χ3v) is 4.27. The highest BCUT2D eigenvalue weighted by molar-refractivity contribution is 5.79. The molecule has 1 saturated heterocycles. The molecule has 1 aliphatic heterocycles. The molecule has 0 radical (unpaired) electrons. The van der Waals surface area contributed by atoms with Crippen LogP contribution in [0.15, 0.2) is 30.3 Å². The molecule has 2 unspecified atom stereocenters. The molecule has 4 heteroatoms. The van der Waals surface area contributed by atoms with Gasteiger partial charge in [0.25, 0.3) is 0 Å². The summed E-state index contributed by atoms with van der Waals surface area (Å²) in [6.07, 6.45) is 0.909. The molecule has 1 aromatic carbocycles. The lowest BCUT2D eigenvalue weighted by Gasteiger charge is -2.25. The van der Waals surface area contributed by atoms with Crippen LogP contribution < -0.4 is 5.32 Å². The highest BCUT2D eigenvalue weighted by Crippen LogP contribution is 2.21. The van der Waals surface area contributed by atoms with Gasteiger partial charge in [-0.05, 0) is 31.4 Å². The minimum atomic E-state index is -1.03. The Bertz CT molecular complexity index is 485. The molecule has 2 rings (SSSR count). The van der Waals surface area contributed by atoms with Crippen molar-refractivity contribution in [1.29, 1.82) is 0 Å². The summed E-state index contributed by atoms with van der Waals surface area (Å²) in [7, 11) is 0. The molecule has 122 valence electrons. The van der Waals surface area contributed by atoms with Crippen LogP contribution in [0.3, 0.4) is 0 Å². The molecule has 1 heterocycles. The van der Waals surface area contributed by atoms with Crippen molar-refractivity contribution in [2.75, 3.05) is 26.2 Å². The van der Waals surface area contributed by atoms with Gasteiger partial charge in [0, 0.05) is 13.1 Å². The topological polar surface area (TPSA) is 52.6 Å². The highest BCUT2D eigenvalue weighted by atomic mass is 16.3. The van der Waals surface area contributed by atoms with E-state index in [0.717, 1.165) is 31.6 Å². The monoisotopic (exact) mass is 304 g/mol. The lowest BCUT2D eigenvalue weighted by Crippen LogP contribution is -2.41. The molecule has 1 amide bonds. The predicted molar refractivity (Wildman–Crippen MR) is 88.4 cm³/mol. The van der Waals surface area contributed by atoms with E-state index in [1.165, 1.54) is 0 Å². The second-order valence-electron chi connectivity index (χ2n) is 7.00. The number of aliphatic hydroxyl groups is 1. The number of rotatable bonds is 6. The lowest BCUT2D eigenvalue weighted by atomic mass is 9.96. The van der Waals surface area contributed by atoms with Gasteiger partial charge in [0.1, 0.15) is 5.60 Å². The van der Waals surface area contributed by atoms with E-state index in [1.54, 1.807) is 6.92 Å². The fraction of sp³-hybridized carbons (Fsp3) is 0.611. The maximum Gasteiger partial charge on any atom is 0.224 e. The minimum Gasteiger partial charge on any atom is -0.384 e. The van der Waals surface area contributed by atoms with Crippen molar-refractivity contribution in [2.45, 2.75) is 32.8 Å². The molecule has 0 aromatic heterocycles. The molecule has 1 aliphatic rings. The van der Waals surface area contributed by atoms with Gasteiger partial charge in [0.15, 0.2) is 0 Å². The van der Waals surface area contributed by atoms with Crippen molar-refractivity contribution in [3.05, 3.63) is 35.9 Å². The smallest absolute Gasteiger partial charge is 0.224 e. The first kappa shape index (κ1) is 17.0. The Kier molecular flexibility index (Phi) is 5.59. The Morgan fingerprint density at radius 3 is 2.73 bits per heavy atom. The first-order chi connectivity index (χ1) is 10.4. The number of carbonyl (C=O) groups is 1. The number of likely N-dealkylation sites (tertiary alicyclic amines) is 1. The van der Waals surface area contributed by atoms with Crippen LogP contribution >= 0.6 is 0 Å². The van der Waals surface area contributed by atoms with Crippen molar-refractivity contribution in [1.82, 2.24) is 10.2 Å². The molecule has 1 fully saturated rings. The normalized spacial score (nSPS) is 21.8. The maximum atomic E-state index is 12.3. The number of carbonyl (C=O) groups excluding carboxylic acids is 1. The lowest BCUT2D eigenvalue weighted by molar-refractivity contribution is -0.125. The van der Waals surface area contributed by atoms with E-state index in [1.807, 2.05) is 30.3 Å². The van der Waals surface area contributed by atoms with Crippen LogP contribution in [0.4, 0.5) is 0 Å². The van der Waals surface area contributed by atoms with Crippen LogP contribution in [0, 0.1) is 11.8 Å². The van der Waals surface area contributed by atoms with E-state index in [2.05, 4.69) is 24.1 Å². The van der Waals surface area contributed by atoms with Gasteiger partial charge in [-0.3, -0.25) is 4.79 Å². The minimum absolute atomic E-state index is 0.0466. The summed E-state index contributed by atoms with van der Waals surface area (Å²) >= 11 is 0. The zero-order valence-corrected chi connectivity index (χ0v) is 13.9. The molecule has 22 heavy (non-hydrogen) atoms. The van der Waals surface area contributed by atoms with Crippen LogP contribution in [0.2, 0.25) is 0 Å². The van der Waals surface area contributed by atoms with Crippen LogP contribution in [0.5, 0.6) is 0 Å².